The third-order valence-corrected chi connectivity index (χ3v) is 4.03. The predicted octanol–water partition coefficient (Wildman–Crippen LogP) is 1.73. The van der Waals surface area contributed by atoms with Gasteiger partial charge < -0.3 is 5.32 Å². The van der Waals surface area contributed by atoms with Crippen LogP contribution in [0.25, 0.3) is 0 Å². The Balaban J connectivity index is 2.32. The first-order valence-electron chi connectivity index (χ1n) is 5.91. The Labute approximate surface area is 93.6 Å². The van der Waals surface area contributed by atoms with Crippen LogP contribution in [0.3, 0.4) is 0 Å². The second kappa shape index (κ2) is 5.85. The first kappa shape index (κ1) is 13.0. The summed E-state index contributed by atoms with van der Waals surface area (Å²) in [6.45, 7) is 1.96. The third-order valence-electron chi connectivity index (χ3n) is 2.93. The number of rotatable bonds is 4. The number of sulfone groups is 1. The van der Waals surface area contributed by atoms with Crippen molar-refractivity contribution in [3.8, 4) is 0 Å². The van der Waals surface area contributed by atoms with Crippen LogP contribution in [0.5, 0.6) is 0 Å². The smallest absolute Gasteiger partial charge is 0.148 e. The van der Waals surface area contributed by atoms with E-state index in [1.165, 1.54) is 44.8 Å². The second-order valence-corrected chi connectivity index (χ2v) is 7.03. The Morgan fingerprint density at radius 2 is 1.73 bits per heavy atom. The van der Waals surface area contributed by atoms with Gasteiger partial charge in [0.05, 0.1) is 5.75 Å². The van der Waals surface area contributed by atoms with Gasteiger partial charge in [-0.1, -0.05) is 25.7 Å². The molecule has 4 heteroatoms. The van der Waals surface area contributed by atoms with Crippen LogP contribution in [0.2, 0.25) is 0 Å². The molecule has 1 aliphatic rings. The zero-order chi connectivity index (χ0) is 11.3. The highest BCUT2D eigenvalue weighted by Gasteiger charge is 2.16. The molecule has 1 fully saturated rings. The van der Waals surface area contributed by atoms with Crippen LogP contribution in [0, 0.1) is 0 Å². The van der Waals surface area contributed by atoms with E-state index in [0.717, 1.165) is 0 Å². The van der Waals surface area contributed by atoms with E-state index >= 15 is 0 Å². The predicted molar refractivity (Wildman–Crippen MR) is 63.8 cm³/mol. The molecule has 0 aromatic heterocycles. The van der Waals surface area contributed by atoms with E-state index in [4.69, 9.17) is 0 Å². The molecule has 0 radical (unpaired) electrons. The van der Waals surface area contributed by atoms with Crippen LogP contribution in [-0.4, -0.2) is 32.5 Å². The summed E-state index contributed by atoms with van der Waals surface area (Å²) in [6.07, 6.45) is 8.93. The molecule has 3 nitrogen and oxygen atoms in total. The minimum absolute atomic E-state index is 0.0862. The van der Waals surface area contributed by atoms with Crippen molar-refractivity contribution in [2.24, 2.45) is 0 Å². The minimum Gasteiger partial charge on any atom is -0.310 e. The third kappa shape index (κ3) is 6.15. The summed E-state index contributed by atoms with van der Waals surface area (Å²) in [5.74, 6) is 0.253. The Hall–Kier alpha value is -0.0900. The molecular weight excluding hydrogens is 210 g/mol. The monoisotopic (exact) mass is 233 g/mol. The van der Waals surface area contributed by atoms with Gasteiger partial charge in [-0.15, -0.1) is 0 Å². The molecule has 0 aliphatic heterocycles. The second-order valence-electron chi connectivity index (χ2n) is 4.85. The van der Waals surface area contributed by atoms with E-state index in [1.807, 2.05) is 6.92 Å². The van der Waals surface area contributed by atoms with Gasteiger partial charge in [0.25, 0.3) is 0 Å². The zero-order valence-electron chi connectivity index (χ0n) is 9.83. The van der Waals surface area contributed by atoms with E-state index in [2.05, 4.69) is 5.32 Å². The van der Waals surface area contributed by atoms with Gasteiger partial charge in [0.1, 0.15) is 9.84 Å². The molecular formula is C11H23NO2S. The summed E-state index contributed by atoms with van der Waals surface area (Å²) >= 11 is 0. The zero-order valence-corrected chi connectivity index (χ0v) is 10.6. The van der Waals surface area contributed by atoms with Gasteiger partial charge in [-0.2, -0.15) is 0 Å². The topological polar surface area (TPSA) is 46.2 Å². The van der Waals surface area contributed by atoms with Crippen LogP contribution in [0.15, 0.2) is 0 Å². The highest BCUT2D eigenvalue weighted by Crippen LogP contribution is 2.17. The lowest BCUT2D eigenvalue weighted by atomic mass is 10.1. The van der Waals surface area contributed by atoms with Gasteiger partial charge in [0.2, 0.25) is 0 Å². The molecule has 0 saturated heterocycles. The van der Waals surface area contributed by atoms with Crippen molar-refractivity contribution in [1.82, 2.24) is 5.32 Å². The molecule has 1 rings (SSSR count). The molecule has 15 heavy (non-hydrogen) atoms. The molecule has 0 spiro atoms. The van der Waals surface area contributed by atoms with Crippen molar-refractivity contribution in [3.05, 3.63) is 0 Å². The number of hydrogen-bond acceptors (Lipinski definition) is 3. The van der Waals surface area contributed by atoms with E-state index in [1.54, 1.807) is 0 Å². The number of nitrogens with one attached hydrogen (secondary N) is 1. The van der Waals surface area contributed by atoms with Crippen LogP contribution < -0.4 is 5.32 Å². The van der Waals surface area contributed by atoms with Gasteiger partial charge >= 0.3 is 0 Å². The van der Waals surface area contributed by atoms with Gasteiger partial charge in [-0.25, -0.2) is 8.42 Å². The lowest BCUT2D eigenvalue weighted by Crippen LogP contribution is -2.40. The average Bonchev–Trinajstić information content (AvgIpc) is 2.28. The van der Waals surface area contributed by atoms with E-state index in [9.17, 15) is 8.42 Å². The summed E-state index contributed by atoms with van der Waals surface area (Å²) in [6, 6.07) is 0.618. The molecule has 0 amide bonds. The fraction of sp³-hybridized carbons (Fsp3) is 1.00. The summed E-state index contributed by atoms with van der Waals surface area (Å²) in [4.78, 5) is 0. The summed E-state index contributed by atoms with van der Waals surface area (Å²) in [5, 5.41) is 3.44. The van der Waals surface area contributed by atoms with E-state index in [-0.39, 0.29) is 11.8 Å². The fourth-order valence-corrected chi connectivity index (χ4v) is 3.36. The highest BCUT2D eigenvalue weighted by molar-refractivity contribution is 7.90. The van der Waals surface area contributed by atoms with Crippen molar-refractivity contribution in [1.29, 1.82) is 0 Å². The SMILES string of the molecule is CC(CS(C)(=O)=O)NC1CCCCCC1. The quantitative estimate of drug-likeness (QED) is 0.752. The van der Waals surface area contributed by atoms with Gasteiger partial charge in [-0.05, 0) is 19.8 Å². The molecule has 1 unspecified atom stereocenters. The Bertz CT molecular complexity index is 266. The molecule has 0 aromatic rings. The minimum atomic E-state index is -2.85. The maximum atomic E-state index is 11.1. The van der Waals surface area contributed by atoms with Crippen molar-refractivity contribution in [3.63, 3.8) is 0 Å². The van der Waals surface area contributed by atoms with Crippen LogP contribution in [0.1, 0.15) is 45.4 Å². The van der Waals surface area contributed by atoms with Gasteiger partial charge in [-0.3, -0.25) is 0 Å². The normalized spacial score (nSPS) is 22.3. The highest BCUT2D eigenvalue weighted by atomic mass is 32.2. The molecule has 0 heterocycles. The summed E-state index contributed by atoms with van der Waals surface area (Å²) in [7, 11) is -2.85. The maximum Gasteiger partial charge on any atom is 0.148 e. The van der Waals surface area contributed by atoms with Gasteiger partial charge in [0, 0.05) is 18.3 Å². The summed E-state index contributed by atoms with van der Waals surface area (Å²) < 4.78 is 22.2. The van der Waals surface area contributed by atoms with Crippen molar-refractivity contribution < 1.29 is 8.42 Å². The largest absolute Gasteiger partial charge is 0.310 e. The first-order valence-corrected chi connectivity index (χ1v) is 7.97. The van der Waals surface area contributed by atoms with Crippen LogP contribution in [-0.2, 0) is 9.84 Å². The first-order chi connectivity index (χ1) is 6.97. The Morgan fingerprint density at radius 1 is 1.20 bits per heavy atom. The molecule has 1 N–H and O–H groups in total. The van der Waals surface area contributed by atoms with Crippen molar-refractivity contribution in [2.45, 2.75) is 57.5 Å². The molecule has 1 atom stereocenters. The number of hydrogen-bond donors (Lipinski definition) is 1. The Morgan fingerprint density at radius 3 is 2.20 bits per heavy atom. The lowest BCUT2D eigenvalue weighted by Gasteiger charge is -2.21. The fourth-order valence-electron chi connectivity index (χ4n) is 2.35. The van der Waals surface area contributed by atoms with Crippen molar-refractivity contribution in [2.75, 3.05) is 12.0 Å². The average molecular weight is 233 g/mol. The van der Waals surface area contributed by atoms with E-state index in [0.29, 0.717) is 6.04 Å². The molecule has 90 valence electrons. The van der Waals surface area contributed by atoms with Crippen LogP contribution in [0.4, 0.5) is 0 Å². The molecule has 1 saturated carbocycles. The molecule has 0 aromatic carbocycles. The maximum absolute atomic E-state index is 11.1. The van der Waals surface area contributed by atoms with E-state index < -0.39 is 9.84 Å². The summed E-state index contributed by atoms with van der Waals surface area (Å²) in [5.41, 5.74) is 0. The molecule has 1 aliphatic carbocycles. The van der Waals surface area contributed by atoms with Crippen LogP contribution >= 0.6 is 0 Å². The molecule has 0 bridgehead atoms. The Kier molecular flexibility index (Phi) is 5.06. The standard InChI is InChI=1S/C11H23NO2S/c1-10(9-15(2,13)14)12-11-7-5-3-4-6-8-11/h10-12H,3-9H2,1-2H3. The lowest BCUT2D eigenvalue weighted by molar-refractivity contribution is 0.422. The van der Waals surface area contributed by atoms with Gasteiger partial charge in [0.15, 0.2) is 0 Å². The van der Waals surface area contributed by atoms with Crippen molar-refractivity contribution >= 4 is 9.84 Å².